The Bertz CT molecular complexity index is 525. The van der Waals surface area contributed by atoms with E-state index in [1.165, 1.54) is 6.07 Å². The highest BCUT2D eigenvalue weighted by Gasteiger charge is 2.23. The number of alkyl halides is 3. The molecule has 1 rings (SSSR count). The van der Waals surface area contributed by atoms with Gasteiger partial charge in [0, 0.05) is 6.08 Å². The second-order valence-electron chi connectivity index (χ2n) is 5.12. The lowest BCUT2D eigenvalue weighted by molar-refractivity contribution is -0.0790. The Morgan fingerprint density at radius 3 is 2.25 bits per heavy atom. The molecule has 0 N–H and O–H groups in total. The summed E-state index contributed by atoms with van der Waals surface area (Å²) >= 11 is 0. The van der Waals surface area contributed by atoms with Gasteiger partial charge in [-0.25, -0.2) is 9.18 Å². The Kier molecular flexibility index (Phi) is 4.57. The van der Waals surface area contributed by atoms with E-state index in [4.69, 9.17) is 4.74 Å². The van der Waals surface area contributed by atoms with E-state index in [9.17, 15) is 22.4 Å². The van der Waals surface area contributed by atoms with Crippen LogP contribution in [0.1, 0.15) is 36.7 Å². The highest BCUT2D eigenvalue weighted by atomic mass is 19.4. The van der Waals surface area contributed by atoms with Crippen molar-refractivity contribution >= 4 is 12.0 Å². The second kappa shape index (κ2) is 5.64. The number of hydrogen-bond acceptors (Lipinski definition) is 2. The van der Waals surface area contributed by atoms with Gasteiger partial charge < -0.3 is 4.74 Å². The molecule has 0 fully saturated rings. The van der Waals surface area contributed by atoms with Crippen LogP contribution in [0.3, 0.4) is 0 Å². The highest BCUT2D eigenvalue weighted by Crippen LogP contribution is 2.20. The molecule has 0 saturated carbocycles. The van der Waals surface area contributed by atoms with E-state index in [1.807, 2.05) is 0 Å². The zero-order valence-electron chi connectivity index (χ0n) is 11.2. The number of allylic oxidation sites excluding steroid dienone is 1. The van der Waals surface area contributed by atoms with Crippen molar-refractivity contribution in [2.24, 2.45) is 0 Å². The topological polar surface area (TPSA) is 26.3 Å². The normalized spacial score (nSPS) is 12.8. The smallest absolute Gasteiger partial charge is 0.409 e. The SMILES string of the molecule is CC(C)(C)OC(=O)c1ccc(/C=C\C(F)(F)F)cc1F. The minimum atomic E-state index is -4.47. The van der Waals surface area contributed by atoms with Gasteiger partial charge in [-0.3, -0.25) is 0 Å². The molecule has 0 amide bonds. The fourth-order valence-electron chi connectivity index (χ4n) is 1.32. The lowest BCUT2D eigenvalue weighted by Gasteiger charge is -2.19. The van der Waals surface area contributed by atoms with Gasteiger partial charge in [-0.15, -0.1) is 0 Å². The molecule has 0 aliphatic heterocycles. The second-order valence-corrected chi connectivity index (χ2v) is 5.12. The fourth-order valence-corrected chi connectivity index (χ4v) is 1.32. The number of carbonyl (C=O) groups excluding carboxylic acids is 1. The molecule has 6 heteroatoms. The molecule has 0 saturated heterocycles. The van der Waals surface area contributed by atoms with E-state index >= 15 is 0 Å². The number of benzene rings is 1. The molecule has 1 aromatic carbocycles. The third-order valence-corrected chi connectivity index (χ3v) is 2.08. The molecule has 0 aliphatic carbocycles. The van der Waals surface area contributed by atoms with Crippen molar-refractivity contribution in [1.29, 1.82) is 0 Å². The first-order valence-electron chi connectivity index (χ1n) is 5.77. The van der Waals surface area contributed by atoms with Crippen LogP contribution in [0, 0.1) is 5.82 Å². The van der Waals surface area contributed by atoms with Crippen molar-refractivity contribution < 1.29 is 27.1 Å². The van der Waals surface area contributed by atoms with E-state index in [-0.39, 0.29) is 17.2 Å². The van der Waals surface area contributed by atoms with Crippen molar-refractivity contribution in [2.75, 3.05) is 0 Å². The summed E-state index contributed by atoms with van der Waals surface area (Å²) < 4.78 is 54.6. The molecule has 20 heavy (non-hydrogen) atoms. The Morgan fingerprint density at radius 2 is 1.80 bits per heavy atom. The summed E-state index contributed by atoms with van der Waals surface area (Å²) in [5.41, 5.74) is -1.09. The van der Waals surface area contributed by atoms with Gasteiger partial charge in [0.25, 0.3) is 0 Å². The summed E-state index contributed by atoms with van der Waals surface area (Å²) in [6.07, 6.45) is -3.75. The standard InChI is InChI=1S/C14H14F4O2/c1-13(2,3)20-12(19)10-5-4-9(8-11(10)15)6-7-14(16,17)18/h4-8H,1-3H3/b7-6-. The van der Waals surface area contributed by atoms with Gasteiger partial charge in [-0.2, -0.15) is 13.2 Å². The van der Waals surface area contributed by atoms with Crippen LogP contribution in [-0.4, -0.2) is 17.7 Å². The Balaban J connectivity index is 2.94. The van der Waals surface area contributed by atoms with Crippen LogP contribution in [0.2, 0.25) is 0 Å². The molecule has 0 unspecified atom stereocenters. The predicted octanol–water partition coefficient (Wildman–Crippen LogP) is 4.36. The first kappa shape index (κ1) is 16.2. The van der Waals surface area contributed by atoms with Gasteiger partial charge in [0.15, 0.2) is 0 Å². The highest BCUT2D eigenvalue weighted by molar-refractivity contribution is 5.90. The molecule has 1 aromatic rings. The number of carbonyl (C=O) groups is 1. The van der Waals surface area contributed by atoms with E-state index in [2.05, 4.69) is 0 Å². The molecule has 0 aromatic heterocycles. The molecule has 110 valence electrons. The Hall–Kier alpha value is -1.85. The molecule has 0 spiro atoms. The summed E-state index contributed by atoms with van der Waals surface area (Å²) in [4.78, 5) is 11.6. The van der Waals surface area contributed by atoms with Crippen LogP contribution >= 0.6 is 0 Å². The third kappa shape index (κ3) is 5.42. The number of ether oxygens (including phenoxy) is 1. The molecule has 0 heterocycles. The molecule has 0 atom stereocenters. The van der Waals surface area contributed by atoms with Gasteiger partial charge in [0.1, 0.15) is 11.4 Å². The van der Waals surface area contributed by atoms with Gasteiger partial charge in [0.2, 0.25) is 0 Å². The summed E-state index contributed by atoms with van der Waals surface area (Å²) in [6, 6.07) is 3.16. The summed E-state index contributed by atoms with van der Waals surface area (Å²) in [7, 11) is 0. The van der Waals surface area contributed by atoms with Gasteiger partial charge >= 0.3 is 12.1 Å². The average molecular weight is 290 g/mol. The number of esters is 1. The fraction of sp³-hybridized carbons (Fsp3) is 0.357. The first-order valence-corrected chi connectivity index (χ1v) is 5.77. The van der Waals surface area contributed by atoms with Gasteiger partial charge in [-0.1, -0.05) is 6.07 Å². The molecule has 2 nitrogen and oxygen atoms in total. The number of hydrogen-bond donors (Lipinski definition) is 0. The predicted molar refractivity (Wildman–Crippen MR) is 66.7 cm³/mol. The molecular weight excluding hydrogens is 276 g/mol. The van der Waals surface area contributed by atoms with Crippen molar-refractivity contribution in [3.8, 4) is 0 Å². The first-order chi connectivity index (χ1) is 8.98. The van der Waals surface area contributed by atoms with Crippen LogP contribution in [0.15, 0.2) is 24.3 Å². The van der Waals surface area contributed by atoms with Crippen LogP contribution in [0.4, 0.5) is 17.6 Å². The summed E-state index contributed by atoms with van der Waals surface area (Å²) in [6.45, 7) is 4.88. The maximum absolute atomic E-state index is 13.7. The van der Waals surface area contributed by atoms with E-state index in [0.717, 1.165) is 18.2 Å². The van der Waals surface area contributed by atoms with E-state index in [1.54, 1.807) is 20.8 Å². The number of rotatable bonds is 2. The van der Waals surface area contributed by atoms with E-state index in [0.29, 0.717) is 0 Å². The van der Waals surface area contributed by atoms with Crippen LogP contribution in [0.5, 0.6) is 0 Å². The minimum absolute atomic E-state index is 0.00504. The molecule has 0 radical (unpaired) electrons. The van der Waals surface area contributed by atoms with Crippen LogP contribution < -0.4 is 0 Å². The molecular formula is C14H14F4O2. The molecule has 0 bridgehead atoms. The van der Waals surface area contributed by atoms with Crippen LogP contribution in [-0.2, 0) is 4.74 Å². The lowest BCUT2D eigenvalue weighted by Crippen LogP contribution is -2.24. The lowest BCUT2D eigenvalue weighted by atomic mass is 10.1. The zero-order valence-corrected chi connectivity index (χ0v) is 11.2. The average Bonchev–Trinajstić information content (AvgIpc) is 2.22. The minimum Gasteiger partial charge on any atom is -0.456 e. The Morgan fingerprint density at radius 1 is 1.20 bits per heavy atom. The van der Waals surface area contributed by atoms with Crippen molar-refractivity contribution in [3.05, 3.63) is 41.2 Å². The maximum Gasteiger partial charge on any atom is 0.409 e. The Labute approximate surface area is 114 Å². The van der Waals surface area contributed by atoms with Crippen molar-refractivity contribution in [2.45, 2.75) is 32.5 Å². The van der Waals surface area contributed by atoms with Crippen LogP contribution in [0.25, 0.3) is 6.08 Å². The maximum atomic E-state index is 13.7. The third-order valence-electron chi connectivity index (χ3n) is 2.08. The van der Waals surface area contributed by atoms with Gasteiger partial charge in [0.05, 0.1) is 5.56 Å². The quantitative estimate of drug-likeness (QED) is 0.597. The summed E-state index contributed by atoms with van der Waals surface area (Å²) in [5, 5.41) is 0. The largest absolute Gasteiger partial charge is 0.456 e. The monoisotopic (exact) mass is 290 g/mol. The molecule has 0 aliphatic rings. The summed E-state index contributed by atoms with van der Waals surface area (Å²) in [5.74, 6) is -1.79. The van der Waals surface area contributed by atoms with Crippen molar-refractivity contribution in [3.63, 3.8) is 0 Å². The van der Waals surface area contributed by atoms with Crippen molar-refractivity contribution in [1.82, 2.24) is 0 Å². The number of halogens is 4. The van der Waals surface area contributed by atoms with E-state index < -0.39 is 23.6 Å². The van der Waals surface area contributed by atoms with Gasteiger partial charge in [-0.05, 0) is 44.5 Å². The zero-order chi connectivity index (χ0) is 15.6.